The molecule has 0 unspecified atom stereocenters. The van der Waals surface area contributed by atoms with Crippen LogP contribution in [-0.4, -0.2) is 26.3 Å². The highest BCUT2D eigenvalue weighted by molar-refractivity contribution is 6.50. The second-order valence-electron chi connectivity index (χ2n) is 6.84. The molecule has 6 nitrogen and oxygen atoms in total. The molecule has 2 heterocycles. The summed E-state index contributed by atoms with van der Waals surface area (Å²) in [7, 11) is 0. The minimum atomic E-state index is -0.938. The molecule has 10 heteroatoms. The molecular weight excluding hydrogens is 496 g/mol. The molecule has 1 amide bonds. The average molecular weight is 509 g/mol. The summed E-state index contributed by atoms with van der Waals surface area (Å²) in [5.74, 6) is -1.82. The standard InChI is InChI=1S/C22H13Cl4N3O3/c23-12-5-4-11(15(24)6-12)9-29-10-14(13-2-1-3-18(30)20(13)29)21(31)22(32)28-19-16(25)7-27-8-17(19)26/h1-8,10,30H,9H2,(H,27,28,32). The van der Waals surface area contributed by atoms with E-state index in [0.717, 1.165) is 5.56 Å². The molecule has 0 aliphatic rings. The quantitative estimate of drug-likeness (QED) is 0.247. The Morgan fingerprint density at radius 2 is 1.72 bits per heavy atom. The van der Waals surface area contributed by atoms with E-state index in [1.54, 1.807) is 34.9 Å². The number of nitrogens with zero attached hydrogens (tertiary/aromatic N) is 2. The van der Waals surface area contributed by atoms with Crippen molar-refractivity contribution in [3.05, 3.63) is 86.2 Å². The van der Waals surface area contributed by atoms with Crippen LogP contribution >= 0.6 is 46.4 Å². The van der Waals surface area contributed by atoms with Crippen molar-refractivity contribution in [2.24, 2.45) is 0 Å². The van der Waals surface area contributed by atoms with Gasteiger partial charge in [-0.1, -0.05) is 64.6 Å². The molecule has 4 rings (SSSR count). The molecule has 0 atom stereocenters. The normalized spacial score (nSPS) is 11.0. The van der Waals surface area contributed by atoms with Crippen LogP contribution in [0.1, 0.15) is 15.9 Å². The van der Waals surface area contributed by atoms with Gasteiger partial charge in [0.15, 0.2) is 0 Å². The van der Waals surface area contributed by atoms with Gasteiger partial charge in [-0.15, -0.1) is 0 Å². The summed E-state index contributed by atoms with van der Waals surface area (Å²) >= 11 is 24.3. The van der Waals surface area contributed by atoms with Gasteiger partial charge in [0.1, 0.15) is 5.75 Å². The predicted octanol–water partition coefficient (Wildman–Crippen LogP) is 6.23. The van der Waals surface area contributed by atoms with Crippen LogP contribution in [0.25, 0.3) is 10.9 Å². The van der Waals surface area contributed by atoms with Gasteiger partial charge in [0.05, 0.1) is 26.8 Å². The van der Waals surface area contributed by atoms with Gasteiger partial charge in [0.25, 0.3) is 11.7 Å². The van der Waals surface area contributed by atoms with Gasteiger partial charge in [0.2, 0.25) is 0 Å². The summed E-state index contributed by atoms with van der Waals surface area (Å²) in [5.41, 5.74) is 1.28. The number of amides is 1. The van der Waals surface area contributed by atoms with Crippen molar-refractivity contribution in [1.82, 2.24) is 9.55 Å². The number of carbonyl (C=O) groups excluding carboxylic acids is 2. The number of pyridine rings is 1. The van der Waals surface area contributed by atoms with Crippen molar-refractivity contribution in [3.8, 4) is 5.75 Å². The molecule has 2 aromatic carbocycles. The van der Waals surface area contributed by atoms with Crippen LogP contribution < -0.4 is 5.32 Å². The van der Waals surface area contributed by atoms with Gasteiger partial charge < -0.3 is 15.0 Å². The molecule has 0 aliphatic carbocycles. The Morgan fingerprint density at radius 3 is 2.41 bits per heavy atom. The third-order valence-corrected chi connectivity index (χ3v) is 5.94. The topological polar surface area (TPSA) is 84.2 Å². The first kappa shape index (κ1) is 22.4. The number of anilines is 1. The Hall–Kier alpha value is -2.77. The van der Waals surface area contributed by atoms with E-state index in [1.807, 2.05) is 0 Å². The van der Waals surface area contributed by atoms with Gasteiger partial charge in [-0.3, -0.25) is 14.6 Å². The zero-order valence-electron chi connectivity index (χ0n) is 16.1. The molecule has 0 bridgehead atoms. The summed E-state index contributed by atoms with van der Waals surface area (Å²) < 4.78 is 1.65. The van der Waals surface area contributed by atoms with Crippen molar-refractivity contribution in [1.29, 1.82) is 0 Å². The number of ketones is 1. The van der Waals surface area contributed by atoms with Crippen LogP contribution in [0.4, 0.5) is 5.69 Å². The Kier molecular flexibility index (Phi) is 6.31. The number of hydrogen-bond donors (Lipinski definition) is 2. The zero-order valence-corrected chi connectivity index (χ0v) is 19.1. The number of para-hydroxylation sites is 1. The van der Waals surface area contributed by atoms with Crippen LogP contribution in [0.15, 0.2) is 55.0 Å². The van der Waals surface area contributed by atoms with Crippen molar-refractivity contribution in [2.75, 3.05) is 5.32 Å². The average Bonchev–Trinajstić information content (AvgIpc) is 3.12. The fraction of sp³-hybridized carbons (Fsp3) is 0.0455. The molecule has 2 aromatic heterocycles. The van der Waals surface area contributed by atoms with Gasteiger partial charge in [0, 0.05) is 40.6 Å². The highest BCUT2D eigenvalue weighted by Gasteiger charge is 2.24. The number of halogens is 4. The predicted molar refractivity (Wildman–Crippen MR) is 126 cm³/mol. The lowest BCUT2D eigenvalue weighted by Gasteiger charge is -2.09. The Balaban J connectivity index is 1.74. The number of rotatable bonds is 5. The molecule has 32 heavy (non-hydrogen) atoms. The highest BCUT2D eigenvalue weighted by atomic mass is 35.5. The lowest BCUT2D eigenvalue weighted by atomic mass is 10.1. The van der Waals surface area contributed by atoms with Gasteiger partial charge in [-0.25, -0.2) is 0 Å². The lowest BCUT2D eigenvalue weighted by Crippen LogP contribution is -2.23. The maximum Gasteiger partial charge on any atom is 0.296 e. The van der Waals surface area contributed by atoms with E-state index in [-0.39, 0.29) is 33.6 Å². The summed E-state index contributed by atoms with van der Waals surface area (Å²) in [6.45, 7) is 0.237. The lowest BCUT2D eigenvalue weighted by molar-refractivity contribution is -0.112. The van der Waals surface area contributed by atoms with Crippen molar-refractivity contribution in [2.45, 2.75) is 6.54 Å². The molecule has 2 N–H and O–H groups in total. The zero-order chi connectivity index (χ0) is 23.0. The molecule has 0 radical (unpaired) electrons. The maximum atomic E-state index is 13.0. The molecule has 162 valence electrons. The smallest absolute Gasteiger partial charge is 0.296 e. The first-order chi connectivity index (χ1) is 15.3. The second kappa shape index (κ2) is 9.00. The summed E-state index contributed by atoms with van der Waals surface area (Å²) in [6, 6.07) is 9.76. The first-order valence-electron chi connectivity index (χ1n) is 9.15. The van der Waals surface area contributed by atoms with E-state index >= 15 is 0 Å². The fourth-order valence-corrected chi connectivity index (χ4v) is 4.23. The number of Topliss-reactive ketones (excluding diaryl/α,β-unsaturated/α-hetero) is 1. The number of nitrogens with one attached hydrogen (secondary N) is 1. The number of phenols is 1. The number of aromatic hydroxyl groups is 1. The third-order valence-electron chi connectivity index (χ3n) is 4.78. The van der Waals surface area contributed by atoms with Crippen molar-refractivity contribution in [3.63, 3.8) is 0 Å². The number of hydrogen-bond acceptors (Lipinski definition) is 4. The second-order valence-corrected chi connectivity index (χ2v) is 8.50. The maximum absolute atomic E-state index is 13.0. The Bertz CT molecular complexity index is 1360. The first-order valence-corrected chi connectivity index (χ1v) is 10.7. The third kappa shape index (κ3) is 4.27. The summed E-state index contributed by atoms with van der Waals surface area (Å²) in [6.07, 6.45) is 4.09. The van der Waals surface area contributed by atoms with Crippen LogP contribution in [0.5, 0.6) is 5.75 Å². The van der Waals surface area contributed by atoms with E-state index in [0.29, 0.717) is 20.9 Å². The molecular formula is C22H13Cl4N3O3. The van der Waals surface area contributed by atoms with E-state index in [9.17, 15) is 14.7 Å². The van der Waals surface area contributed by atoms with E-state index < -0.39 is 11.7 Å². The largest absolute Gasteiger partial charge is 0.506 e. The fourth-order valence-electron chi connectivity index (χ4n) is 3.30. The molecule has 4 aromatic rings. The van der Waals surface area contributed by atoms with Crippen molar-refractivity contribution >= 4 is 74.7 Å². The van der Waals surface area contributed by atoms with E-state index in [2.05, 4.69) is 10.3 Å². The van der Waals surface area contributed by atoms with E-state index in [1.165, 1.54) is 24.7 Å². The van der Waals surface area contributed by atoms with Gasteiger partial charge in [-0.2, -0.15) is 0 Å². The van der Waals surface area contributed by atoms with Crippen molar-refractivity contribution < 1.29 is 14.7 Å². The molecule has 0 saturated heterocycles. The summed E-state index contributed by atoms with van der Waals surface area (Å²) in [4.78, 5) is 29.5. The Labute approximate surface area is 202 Å². The monoisotopic (exact) mass is 507 g/mol. The van der Waals surface area contributed by atoms with Gasteiger partial charge >= 0.3 is 0 Å². The minimum absolute atomic E-state index is 0.0488. The molecule has 0 fully saturated rings. The minimum Gasteiger partial charge on any atom is -0.506 e. The number of benzene rings is 2. The molecule has 0 saturated carbocycles. The molecule has 0 spiro atoms. The van der Waals surface area contributed by atoms with Crippen LogP contribution in [0.3, 0.4) is 0 Å². The van der Waals surface area contributed by atoms with Crippen LogP contribution in [0, 0.1) is 0 Å². The van der Waals surface area contributed by atoms with E-state index in [4.69, 9.17) is 46.4 Å². The number of aromatic nitrogens is 2. The Morgan fingerprint density at radius 1 is 1.00 bits per heavy atom. The number of carbonyl (C=O) groups is 2. The van der Waals surface area contributed by atoms with Crippen LogP contribution in [-0.2, 0) is 11.3 Å². The highest BCUT2D eigenvalue weighted by Crippen LogP contribution is 2.33. The SMILES string of the molecule is O=C(Nc1c(Cl)cncc1Cl)C(=O)c1cn(Cc2ccc(Cl)cc2Cl)c2c(O)cccc12. The van der Waals surface area contributed by atoms with Crippen LogP contribution in [0.2, 0.25) is 20.1 Å². The number of phenolic OH excluding ortho intramolecular Hbond substituents is 1. The van der Waals surface area contributed by atoms with Gasteiger partial charge in [-0.05, 0) is 23.8 Å². The number of fused-ring (bicyclic) bond motifs is 1. The molecule has 0 aliphatic heterocycles. The summed E-state index contributed by atoms with van der Waals surface area (Å²) in [5, 5.41) is 14.4.